The number of ether oxygens (including phenoxy) is 2. The highest BCUT2D eigenvalue weighted by molar-refractivity contribution is 7.17. The number of fused-ring (bicyclic) bond motifs is 1. The molecule has 0 radical (unpaired) electrons. The first-order valence-corrected chi connectivity index (χ1v) is 10.7. The predicted octanol–water partition coefficient (Wildman–Crippen LogP) is 4.60. The zero-order valence-corrected chi connectivity index (χ0v) is 18.1. The number of carbonyl (C=O) groups excluding carboxylic acids is 2. The van der Waals surface area contributed by atoms with Gasteiger partial charge in [0, 0.05) is 4.88 Å². The summed E-state index contributed by atoms with van der Waals surface area (Å²) in [5, 5.41) is 12.7. The number of nitrogens with one attached hydrogen (secondary N) is 1. The summed E-state index contributed by atoms with van der Waals surface area (Å²) in [6, 6.07) is 8.99. The molecule has 1 aromatic carbocycles. The number of nitrogens with zero attached hydrogens (tertiary/aromatic N) is 1. The maximum atomic E-state index is 12.8. The van der Waals surface area contributed by atoms with E-state index < -0.39 is 11.9 Å². The summed E-state index contributed by atoms with van der Waals surface area (Å²) in [5.41, 5.74) is 2.05. The van der Waals surface area contributed by atoms with Crippen molar-refractivity contribution in [3.8, 4) is 11.8 Å². The van der Waals surface area contributed by atoms with Crippen molar-refractivity contribution in [1.82, 2.24) is 0 Å². The average Bonchev–Trinajstić information content (AvgIpc) is 3.09. The van der Waals surface area contributed by atoms with Gasteiger partial charge in [-0.15, -0.1) is 11.3 Å². The molecule has 1 aromatic heterocycles. The molecule has 1 aliphatic carbocycles. The van der Waals surface area contributed by atoms with Crippen LogP contribution in [0.4, 0.5) is 5.00 Å². The molecular weight excluding hydrogens is 400 g/mol. The van der Waals surface area contributed by atoms with Crippen LogP contribution in [-0.2, 0) is 22.4 Å². The Morgan fingerprint density at radius 2 is 2.07 bits per heavy atom. The number of nitriles is 1. The zero-order chi connectivity index (χ0) is 21.7. The van der Waals surface area contributed by atoms with Crippen molar-refractivity contribution in [2.24, 2.45) is 5.92 Å². The van der Waals surface area contributed by atoms with Crippen LogP contribution < -0.4 is 10.1 Å². The van der Waals surface area contributed by atoms with Crippen LogP contribution in [0.2, 0.25) is 0 Å². The van der Waals surface area contributed by atoms with Crippen LogP contribution in [0.25, 0.3) is 6.08 Å². The summed E-state index contributed by atoms with van der Waals surface area (Å²) in [5.74, 6) is 0.231. The lowest BCUT2D eigenvalue weighted by atomic mass is 9.88. The van der Waals surface area contributed by atoms with Gasteiger partial charge in [0.15, 0.2) is 0 Å². The highest BCUT2D eigenvalue weighted by atomic mass is 32.1. The Hall–Kier alpha value is -3.11. The van der Waals surface area contributed by atoms with Crippen LogP contribution in [0.5, 0.6) is 5.75 Å². The van der Waals surface area contributed by atoms with Gasteiger partial charge in [0.1, 0.15) is 22.4 Å². The Kier molecular flexibility index (Phi) is 6.91. The molecule has 0 bridgehead atoms. The van der Waals surface area contributed by atoms with Crippen LogP contribution in [0.1, 0.15) is 46.6 Å². The molecule has 1 aliphatic rings. The van der Waals surface area contributed by atoms with Gasteiger partial charge >= 0.3 is 5.97 Å². The maximum Gasteiger partial charge on any atom is 0.341 e. The second-order valence-electron chi connectivity index (χ2n) is 7.17. The van der Waals surface area contributed by atoms with Gasteiger partial charge in [0.25, 0.3) is 5.91 Å². The van der Waals surface area contributed by atoms with Gasteiger partial charge in [0.2, 0.25) is 0 Å². The molecule has 0 unspecified atom stereocenters. The second-order valence-corrected chi connectivity index (χ2v) is 8.28. The van der Waals surface area contributed by atoms with Crippen molar-refractivity contribution in [1.29, 1.82) is 5.26 Å². The van der Waals surface area contributed by atoms with E-state index in [1.165, 1.54) is 17.4 Å². The molecule has 1 heterocycles. The molecule has 1 N–H and O–H groups in total. The van der Waals surface area contributed by atoms with Crippen molar-refractivity contribution >= 4 is 34.3 Å². The first kappa shape index (κ1) is 21.6. The number of hydrogen-bond acceptors (Lipinski definition) is 6. The lowest BCUT2D eigenvalue weighted by Gasteiger charge is -2.18. The van der Waals surface area contributed by atoms with Crippen molar-refractivity contribution in [2.75, 3.05) is 19.0 Å². The molecule has 0 spiro atoms. The Morgan fingerprint density at radius 1 is 1.33 bits per heavy atom. The van der Waals surface area contributed by atoms with E-state index in [1.54, 1.807) is 38.3 Å². The largest absolute Gasteiger partial charge is 0.497 e. The van der Waals surface area contributed by atoms with Crippen LogP contribution in [0.3, 0.4) is 0 Å². The van der Waals surface area contributed by atoms with Crippen molar-refractivity contribution in [3.63, 3.8) is 0 Å². The number of esters is 1. The Labute approximate surface area is 180 Å². The van der Waals surface area contributed by atoms with E-state index in [0.717, 1.165) is 29.7 Å². The summed E-state index contributed by atoms with van der Waals surface area (Å²) in [6.45, 7) is 4.19. The highest BCUT2D eigenvalue weighted by Gasteiger charge is 2.29. The number of rotatable bonds is 6. The standard InChI is InChI=1S/C23H24N2O4S/c1-4-29-23(27)20-18-10-5-14(2)11-19(18)30-22(20)25-21(26)16(13-24)12-15-6-8-17(28-3)9-7-15/h6-9,12,14H,4-5,10-11H2,1-3H3,(H,25,26)/b16-12+/t14-/m1/s1. The molecule has 30 heavy (non-hydrogen) atoms. The van der Waals surface area contributed by atoms with Gasteiger partial charge in [-0.1, -0.05) is 19.1 Å². The van der Waals surface area contributed by atoms with Gasteiger partial charge in [-0.05, 0) is 61.4 Å². The number of amides is 1. The third-order valence-corrected chi connectivity index (χ3v) is 6.18. The first-order chi connectivity index (χ1) is 14.5. The number of anilines is 1. The summed E-state index contributed by atoms with van der Waals surface area (Å²) < 4.78 is 10.4. The number of thiophene rings is 1. The molecule has 3 rings (SSSR count). The second kappa shape index (κ2) is 9.59. The lowest BCUT2D eigenvalue weighted by Crippen LogP contribution is -2.17. The van der Waals surface area contributed by atoms with Crippen molar-refractivity contribution in [2.45, 2.75) is 33.1 Å². The third-order valence-electron chi connectivity index (χ3n) is 5.01. The molecule has 2 aromatic rings. The topological polar surface area (TPSA) is 88.4 Å². The van der Waals surface area contributed by atoms with Crippen molar-refractivity contribution < 1.29 is 19.1 Å². The number of methoxy groups -OCH3 is 1. The average molecular weight is 425 g/mol. The van der Waals surface area contributed by atoms with E-state index in [1.807, 2.05) is 6.07 Å². The van der Waals surface area contributed by atoms with Crippen LogP contribution in [-0.4, -0.2) is 25.6 Å². The van der Waals surface area contributed by atoms with E-state index in [4.69, 9.17) is 9.47 Å². The summed E-state index contributed by atoms with van der Waals surface area (Å²) >= 11 is 1.40. The molecule has 156 valence electrons. The molecular formula is C23H24N2O4S. The van der Waals surface area contributed by atoms with Gasteiger partial charge in [-0.25, -0.2) is 4.79 Å². The minimum atomic E-state index is -0.550. The summed E-state index contributed by atoms with van der Waals surface area (Å²) in [6.07, 6.45) is 4.15. The predicted molar refractivity (Wildman–Crippen MR) is 117 cm³/mol. The third kappa shape index (κ3) is 4.71. The number of hydrogen-bond donors (Lipinski definition) is 1. The molecule has 0 aliphatic heterocycles. The fourth-order valence-electron chi connectivity index (χ4n) is 3.44. The first-order valence-electron chi connectivity index (χ1n) is 9.85. The fraction of sp³-hybridized carbons (Fsp3) is 0.348. The van der Waals surface area contributed by atoms with E-state index in [0.29, 0.717) is 27.8 Å². The van der Waals surface area contributed by atoms with Crippen LogP contribution in [0.15, 0.2) is 29.8 Å². The zero-order valence-electron chi connectivity index (χ0n) is 17.3. The Morgan fingerprint density at radius 3 is 2.70 bits per heavy atom. The Balaban J connectivity index is 1.90. The minimum absolute atomic E-state index is 0.0466. The minimum Gasteiger partial charge on any atom is -0.497 e. The molecule has 1 amide bonds. The molecule has 7 heteroatoms. The molecule has 1 atom stereocenters. The quantitative estimate of drug-likeness (QED) is 0.416. The molecule has 6 nitrogen and oxygen atoms in total. The van der Waals surface area contributed by atoms with E-state index in [-0.39, 0.29) is 12.2 Å². The van der Waals surface area contributed by atoms with Crippen LogP contribution >= 0.6 is 11.3 Å². The molecule has 0 saturated carbocycles. The number of benzene rings is 1. The summed E-state index contributed by atoms with van der Waals surface area (Å²) in [4.78, 5) is 26.5. The Bertz CT molecular complexity index is 1020. The molecule has 0 fully saturated rings. The van der Waals surface area contributed by atoms with Gasteiger partial charge in [-0.3, -0.25) is 4.79 Å². The van der Waals surface area contributed by atoms with Gasteiger partial charge in [-0.2, -0.15) is 5.26 Å². The van der Waals surface area contributed by atoms with Crippen LogP contribution in [0, 0.1) is 17.2 Å². The monoisotopic (exact) mass is 424 g/mol. The maximum absolute atomic E-state index is 12.8. The van der Waals surface area contributed by atoms with E-state index in [9.17, 15) is 14.9 Å². The summed E-state index contributed by atoms with van der Waals surface area (Å²) in [7, 11) is 1.57. The van der Waals surface area contributed by atoms with E-state index >= 15 is 0 Å². The normalized spacial score (nSPS) is 15.7. The van der Waals surface area contributed by atoms with Gasteiger partial charge < -0.3 is 14.8 Å². The van der Waals surface area contributed by atoms with Gasteiger partial charge in [0.05, 0.1) is 19.3 Å². The van der Waals surface area contributed by atoms with E-state index in [2.05, 4.69) is 12.2 Å². The highest BCUT2D eigenvalue weighted by Crippen LogP contribution is 2.40. The molecule has 0 saturated heterocycles. The SMILES string of the molecule is CCOC(=O)c1c(NC(=O)/C(C#N)=C/c2ccc(OC)cc2)sc2c1CC[C@@H](C)C2. The number of carbonyl (C=O) groups is 2. The fourth-order valence-corrected chi connectivity index (χ4v) is 4.84. The lowest BCUT2D eigenvalue weighted by molar-refractivity contribution is -0.112. The smallest absolute Gasteiger partial charge is 0.341 e. The van der Waals surface area contributed by atoms with Crippen molar-refractivity contribution in [3.05, 3.63) is 51.4 Å².